The molecule has 1 N–H and O–H groups in total. The van der Waals surface area contributed by atoms with E-state index in [0.29, 0.717) is 19.1 Å². The van der Waals surface area contributed by atoms with E-state index in [4.69, 9.17) is 9.47 Å². The van der Waals surface area contributed by atoms with Crippen LogP contribution < -0.4 is 5.32 Å². The van der Waals surface area contributed by atoms with Crippen LogP contribution in [0.4, 0.5) is 0 Å². The predicted molar refractivity (Wildman–Crippen MR) is 60.1 cm³/mol. The highest BCUT2D eigenvalue weighted by atomic mass is 16.6. The molecule has 0 spiro atoms. The zero-order valence-corrected chi connectivity index (χ0v) is 9.91. The number of piperidine rings is 1. The highest BCUT2D eigenvalue weighted by Crippen LogP contribution is 2.18. The van der Waals surface area contributed by atoms with Gasteiger partial charge < -0.3 is 14.8 Å². The van der Waals surface area contributed by atoms with Gasteiger partial charge in [-0.1, -0.05) is 6.92 Å². The van der Waals surface area contributed by atoms with Gasteiger partial charge in [0.1, 0.15) is 12.1 Å². The lowest BCUT2D eigenvalue weighted by Gasteiger charge is -2.29. The molecule has 2 saturated heterocycles. The van der Waals surface area contributed by atoms with Crippen LogP contribution in [0.3, 0.4) is 0 Å². The Hall–Kier alpha value is -0.610. The number of carbonyl (C=O) groups excluding carboxylic acids is 1. The zero-order valence-electron chi connectivity index (χ0n) is 9.91. The first kappa shape index (κ1) is 11.9. The Morgan fingerprint density at radius 3 is 2.75 bits per heavy atom. The molecule has 2 heterocycles. The summed E-state index contributed by atoms with van der Waals surface area (Å²) in [5.41, 5.74) is 0. The van der Waals surface area contributed by atoms with Gasteiger partial charge in [-0.25, -0.2) is 0 Å². The standard InChI is InChI=1S/C12H21NO3/c1-9-2-5-13-11(8-9)12(14)16-10-3-6-15-7-4-10/h9-11,13H,2-8H2,1H3. The third kappa shape index (κ3) is 3.19. The second-order valence-electron chi connectivity index (χ2n) is 4.88. The molecule has 0 aliphatic carbocycles. The van der Waals surface area contributed by atoms with Gasteiger partial charge in [0, 0.05) is 12.8 Å². The number of ether oxygens (including phenoxy) is 2. The number of hydrogen-bond donors (Lipinski definition) is 1. The minimum atomic E-state index is -0.0911. The molecule has 2 fully saturated rings. The van der Waals surface area contributed by atoms with E-state index in [1.54, 1.807) is 0 Å². The van der Waals surface area contributed by atoms with E-state index in [2.05, 4.69) is 12.2 Å². The van der Waals surface area contributed by atoms with Crippen molar-refractivity contribution in [3.8, 4) is 0 Å². The maximum atomic E-state index is 11.9. The minimum Gasteiger partial charge on any atom is -0.461 e. The predicted octanol–water partition coefficient (Wildman–Crippen LogP) is 1.10. The summed E-state index contributed by atoms with van der Waals surface area (Å²) in [4.78, 5) is 11.9. The van der Waals surface area contributed by atoms with Crippen molar-refractivity contribution >= 4 is 5.97 Å². The summed E-state index contributed by atoms with van der Waals surface area (Å²) in [6.45, 7) is 4.54. The van der Waals surface area contributed by atoms with Crippen LogP contribution in [0.5, 0.6) is 0 Å². The fraction of sp³-hybridized carbons (Fsp3) is 0.917. The first-order valence-electron chi connectivity index (χ1n) is 6.27. The van der Waals surface area contributed by atoms with E-state index in [9.17, 15) is 4.79 Å². The number of carbonyl (C=O) groups is 1. The van der Waals surface area contributed by atoms with Gasteiger partial charge in [0.25, 0.3) is 0 Å². The van der Waals surface area contributed by atoms with Crippen LogP contribution in [0.2, 0.25) is 0 Å². The Morgan fingerprint density at radius 2 is 2.06 bits per heavy atom. The van der Waals surface area contributed by atoms with Crippen LogP contribution >= 0.6 is 0 Å². The molecule has 4 nitrogen and oxygen atoms in total. The second-order valence-corrected chi connectivity index (χ2v) is 4.88. The van der Waals surface area contributed by atoms with Crippen molar-refractivity contribution in [2.24, 2.45) is 5.92 Å². The molecule has 0 aromatic rings. The quantitative estimate of drug-likeness (QED) is 0.718. The Balaban J connectivity index is 1.77. The van der Waals surface area contributed by atoms with Crippen molar-refractivity contribution < 1.29 is 14.3 Å². The van der Waals surface area contributed by atoms with Crippen molar-refractivity contribution in [1.29, 1.82) is 0 Å². The van der Waals surface area contributed by atoms with Gasteiger partial charge in [0.2, 0.25) is 0 Å². The monoisotopic (exact) mass is 227 g/mol. The highest BCUT2D eigenvalue weighted by molar-refractivity contribution is 5.76. The summed E-state index contributed by atoms with van der Waals surface area (Å²) in [5, 5.41) is 3.23. The zero-order chi connectivity index (χ0) is 11.4. The van der Waals surface area contributed by atoms with Crippen LogP contribution in [0.15, 0.2) is 0 Å². The molecule has 2 atom stereocenters. The topological polar surface area (TPSA) is 47.6 Å². The molecule has 0 amide bonds. The SMILES string of the molecule is CC1CCNC(C(=O)OC2CCOCC2)C1. The average molecular weight is 227 g/mol. The van der Waals surface area contributed by atoms with Crippen molar-refractivity contribution in [3.63, 3.8) is 0 Å². The van der Waals surface area contributed by atoms with Gasteiger partial charge in [-0.3, -0.25) is 4.79 Å². The molecule has 4 heteroatoms. The molecule has 2 rings (SSSR count). The van der Waals surface area contributed by atoms with Crippen molar-refractivity contribution in [2.75, 3.05) is 19.8 Å². The average Bonchev–Trinajstić information content (AvgIpc) is 2.30. The van der Waals surface area contributed by atoms with E-state index < -0.39 is 0 Å². The molecule has 2 aliphatic heterocycles. The molecule has 0 aromatic heterocycles. The van der Waals surface area contributed by atoms with Gasteiger partial charge in [-0.2, -0.15) is 0 Å². The van der Waals surface area contributed by atoms with Gasteiger partial charge in [-0.15, -0.1) is 0 Å². The first-order chi connectivity index (χ1) is 7.75. The Kier molecular flexibility index (Phi) is 4.18. The third-order valence-corrected chi connectivity index (χ3v) is 3.40. The number of hydrogen-bond acceptors (Lipinski definition) is 4. The Morgan fingerprint density at radius 1 is 1.31 bits per heavy atom. The largest absolute Gasteiger partial charge is 0.461 e. The summed E-state index contributed by atoms with van der Waals surface area (Å²) in [5.74, 6) is 0.548. The lowest BCUT2D eigenvalue weighted by atomic mass is 9.94. The molecule has 2 unspecified atom stereocenters. The molecule has 0 bridgehead atoms. The molecule has 2 aliphatic rings. The number of rotatable bonds is 2. The molecular weight excluding hydrogens is 206 g/mol. The van der Waals surface area contributed by atoms with Gasteiger partial charge in [-0.05, 0) is 25.3 Å². The van der Waals surface area contributed by atoms with Crippen LogP contribution in [-0.4, -0.2) is 37.9 Å². The van der Waals surface area contributed by atoms with Gasteiger partial charge >= 0.3 is 5.97 Å². The first-order valence-corrected chi connectivity index (χ1v) is 6.27. The highest BCUT2D eigenvalue weighted by Gasteiger charge is 2.28. The molecule has 0 aromatic carbocycles. The fourth-order valence-corrected chi connectivity index (χ4v) is 2.33. The summed E-state index contributed by atoms with van der Waals surface area (Å²) in [6.07, 6.45) is 3.81. The van der Waals surface area contributed by atoms with Crippen LogP contribution in [0.1, 0.15) is 32.6 Å². The summed E-state index contributed by atoms with van der Waals surface area (Å²) in [7, 11) is 0. The molecule has 92 valence electrons. The number of esters is 1. The van der Waals surface area contributed by atoms with Crippen molar-refractivity contribution in [1.82, 2.24) is 5.32 Å². The molecule has 16 heavy (non-hydrogen) atoms. The van der Waals surface area contributed by atoms with Crippen molar-refractivity contribution in [2.45, 2.75) is 44.8 Å². The molecular formula is C12H21NO3. The Bertz CT molecular complexity index is 238. The maximum Gasteiger partial charge on any atom is 0.323 e. The van der Waals surface area contributed by atoms with Crippen LogP contribution in [0.25, 0.3) is 0 Å². The summed E-state index contributed by atoms with van der Waals surface area (Å²) in [6, 6.07) is -0.0911. The molecule has 0 saturated carbocycles. The van der Waals surface area contributed by atoms with Crippen LogP contribution in [-0.2, 0) is 14.3 Å². The molecule has 0 radical (unpaired) electrons. The second kappa shape index (κ2) is 5.64. The third-order valence-electron chi connectivity index (χ3n) is 3.40. The maximum absolute atomic E-state index is 11.9. The number of nitrogens with one attached hydrogen (secondary N) is 1. The normalized spacial score (nSPS) is 32.3. The van der Waals surface area contributed by atoms with E-state index in [1.165, 1.54) is 0 Å². The Labute approximate surface area is 96.7 Å². The van der Waals surface area contributed by atoms with Crippen LogP contribution in [0, 0.1) is 5.92 Å². The van der Waals surface area contributed by atoms with E-state index in [0.717, 1.165) is 32.2 Å². The van der Waals surface area contributed by atoms with Gasteiger partial charge in [0.15, 0.2) is 0 Å². The summed E-state index contributed by atoms with van der Waals surface area (Å²) < 4.78 is 10.7. The lowest BCUT2D eigenvalue weighted by molar-refractivity contribution is -0.156. The summed E-state index contributed by atoms with van der Waals surface area (Å²) >= 11 is 0. The smallest absolute Gasteiger partial charge is 0.323 e. The van der Waals surface area contributed by atoms with Crippen molar-refractivity contribution in [3.05, 3.63) is 0 Å². The van der Waals surface area contributed by atoms with Gasteiger partial charge in [0.05, 0.1) is 13.2 Å². The van der Waals surface area contributed by atoms with E-state index >= 15 is 0 Å². The fourth-order valence-electron chi connectivity index (χ4n) is 2.33. The van der Waals surface area contributed by atoms with E-state index in [1.807, 2.05) is 0 Å². The van der Waals surface area contributed by atoms with E-state index in [-0.39, 0.29) is 18.1 Å². The lowest BCUT2D eigenvalue weighted by Crippen LogP contribution is -2.45. The minimum absolute atomic E-state index is 0.0697.